The summed E-state index contributed by atoms with van der Waals surface area (Å²) in [6.45, 7) is 6.32. The van der Waals surface area contributed by atoms with Crippen LogP contribution in [0, 0.1) is 0 Å². The zero-order valence-corrected chi connectivity index (χ0v) is 14.6. The van der Waals surface area contributed by atoms with Crippen molar-refractivity contribution in [3.8, 4) is 0 Å². The van der Waals surface area contributed by atoms with E-state index in [4.69, 9.17) is 9.47 Å². The predicted molar refractivity (Wildman–Crippen MR) is 90.6 cm³/mol. The highest BCUT2D eigenvalue weighted by Crippen LogP contribution is 2.30. The molecule has 0 unspecified atom stereocenters. The Morgan fingerprint density at radius 1 is 1.32 bits per heavy atom. The van der Waals surface area contributed by atoms with E-state index >= 15 is 0 Å². The monoisotopic (exact) mass is 346 g/mol. The van der Waals surface area contributed by atoms with Crippen molar-refractivity contribution in [2.45, 2.75) is 45.3 Å². The summed E-state index contributed by atoms with van der Waals surface area (Å²) in [6.07, 6.45) is 0.750. The summed E-state index contributed by atoms with van der Waals surface area (Å²) in [5, 5.41) is 2.68. The van der Waals surface area contributed by atoms with Crippen LogP contribution in [-0.2, 0) is 20.7 Å². The predicted octanol–water partition coefficient (Wildman–Crippen LogP) is 2.03. The Hall–Kier alpha value is -2.57. The molecule has 0 radical (unpaired) electrons. The standard InChI is InChI=1S/C18H22N2O5/c1-18(2,3)25-17(23)20-8-6-11-10-12(4-5-14(11)20)15(21)19-13-7-9-24-16(13)22/h4-5,10,13H,6-9H2,1-3H3,(H,19,21)/t13-/m0/s1. The van der Waals surface area contributed by atoms with Crippen molar-refractivity contribution in [3.63, 3.8) is 0 Å². The third-order valence-electron chi connectivity index (χ3n) is 4.09. The van der Waals surface area contributed by atoms with E-state index < -0.39 is 23.7 Å². The van der Waals surface area contributed by atoms with Crippen LogP contribution in [0.1, 0.15) is 43.1 Å². The molecule has 1 N–H and O–H groups in total. The Bertz CT molecular complexity index is 723. The van der Waals surface area contributed by atoms with Crippen molar-refractivity contribution in [2.75, 3.05) is 18.1 Å². The molecule has 1 atom stereocenters. The van der Waals surface area contributed by atoms with E-state index in [1.807, 2.05) is 20.8 Å². The fourth-order valence-corrected chi connectivity index (χ4v) is 2.92. The normalized spacial score (nSPS) is 19.4. The van der Waals surface area contributed by atoms with E-state index in [9.17, 15) is 14.4 Å². The number of fused-ring (bicyclic) bond motifs is 1. The molecule has 2 aliphatic rings. The van der Waals surface area contributed by atoms with E-state index in [0.717, 1.165) is 11.3 Å². The molecule has 2 heterocycles. The zero-order valence-electron chi connectivity index (χ0n) is 14.6. The van der Waals surface area contributed by atoms with Gasteiger partial charge >= 0.3 is 12.1 Å². The van der Waals surface area contributed by atoms with E-state index in [2.05, 4.69) is 5.32 Å². The van der Waals surface area contributed by atoms with Crippen LogP contribution in [-0.4, -0.2) is 42.8 Å². The van der Waals surface area contributed by atoms with Crippen molar-refractivity contribution < 1.29 is 23.9 Å². The summed E-state index contributed by atoms with van der Waals surface area (Å²) >= 11 is 0. The van der Waals surface area contributed by atoms with E-state index in [1.54, 1.807) is 23.1 Å². The van der Waals surface area contributed by atoms with Crippen LogP contribution in [0.5, 0.6) is 0 Å². The van der Waals surface area contributed by atoms with Crippen LogP contribution in [0.3, 0.4) is 0 Å². The lowest BCUT2D eigenvalue weighted by Crippen LogP contribution is -2.38. The SMILES string of the molecule is CC(C)(C)OC(=O)N1CCc2cc(C(=O)N[C@H]3CCOC3=O)ccc21. The Balaban J connectivity index is 1.72. The molecule has 1 saturated heterocycles. The second-order valence-corrected chi connectivity index (χ2v) is 7.21. The highest BCUT2D eigenvalue weighted by molar-refractivity contribution is 5.98. The number of nitrogens with zero attached hydrogens (tertiary/aromatic N) is 1. The number of ether oxygens (including phenoxy) is 2. The first-order valence-corrected chi connectivity index (χ1v) is 8.35. The minimum Gasteiger partial charge on any atom is -0.464 e. The van der Waals surface area contributed by atoms with Crippen LogP contribution >= 0.6 is 0 Å². The fourth-order valence-electron chi connectivity index (χ4n) is 2.92. The number of hydrogen-bond acceptors (Lipinski definition) is 5. The number of rotatable bonds is 2. The molecule has 1 aromatic rings. The van der Waals surface area contributed by atoms with Crippen molar-refractivity contribution >= 4 is 23.7 Å². The molecular formula is C18H22N2O5. The molecule has 0 saturated carbocycles. The molecule has 134 valence electrons. The van der Waals surface area contributed by atoms with Gasteiger partial charge in [-0.15, -0.1) is 0 Å². The number of benzene rings is 1. The van der Waals surface area contributed by atoms with Gasteiger partial charge in [0.25, 0.3) is 5.91 Å². The molecule has 1 aromatic carbocycles. The Labute approximate surface area is 146 Å². The number of nitrogens with one attached hydrogen (secondary N) is 1. The molecule has 2 amide bonds. The number of esters is 1. The number of carbonyl (C=O) groups is 3. The van der Waals surface area contributed by atoms with Gasteiger partial charge in [-0.1, -0.05) is 0 Å². The molecule has 0 aliphatic carbocycles. The maximum absolute atomic E-state index is 12.3. The molecule has 0 spiro atoms. The number of carbonyl (C=O) groups excluding carboxylic acids is 3. The van der Waals surface area contributed by atoms with E-state index in [0.29, 0.717) is 31.6 Å². The lowest BCUT2D eigenvalue weighted by atomic mass is 10.1. The minimum atomic E-state index is -0.584. The largest absolute Gasteiger partial charge is 0.464 e. The maximum Gasteiger partial charge on any atom is 0.414 e. The lowest BCUT2D eigenvalue weighted by Gasteiger charge is -2.24. The van der Waals surface area contributed by atoms with Crippen LogP contribution in [0.4, 0.5) is 10.5 Å². The molecule has 0 aromatic heterocycles. The van der Waals surface area contributed by atoms with Gasteiger partial charge in [0.2, 0.25) is 0 Å². The van der Waals surface area contributed by atoms with Gasteiger partial charge in [0, 0.05) is 18.5 Å². The number of anilines is 1. The zero-order chi connectivity index (χ0) is 18.2. The van der Waals surface area contributed by atoms with Crippen LogP contribution in [0.25, 0.3) is 0 Å². The molecule has 1 fully saturated rings. The highest BCUT2D eigenvalue weighted by Gasteiger charge is 2.31. The molecule has 7 heteroatoms. The highest BCUT2D eigenvalue weighted by atomic mass is 16.6. The van der Waals surface area contributed by atoms with Crippen LogP contribution in [0.2, 0.25) is 0 Å². The first kappa shape index (κ1) is 17.3. The Kier molecular flexibility index (Phi) is 4.41. The smallest absolute Gasteiger partial charge is 0.414 e. The molecule has 2 aliphatic heterocycles. The first-order chi connectivity index (χ1) is 11.7. The van der Waals surface area contributed by atoms with Gasteiger partial charge in [0.05, 0.1) is 12.3 Å². The fraction of sp³-hybridized carbons (Fsp3) is 0.500. The summed E-state index contributed by atoms with van der Waals surface area (Å²) < 4.78 is 10.3. The average molecular weight is 346 g/mol. The number of hydrogen-bond donors (Lipinski definition) is 1. The van der Waals surface area contributed by atoms with Crippen LogP contribution in [0.15, 0.2) is 18.2 Å². The molecule has 0 bridgehead atoms. The maximum atomic E-state index is 12.3. The van der Waals surface area contributed by atoms with Gasteiger partial charge in [0.1, 0.15) is 11.6 Å². The number of amides is 2. The molecular weight excluding hydrogens is 324 g/mol. The second-order valence-electron chi connectivity index (χ2n) is 7.21. The third-order valence-corrected chi connectivity index (χ3v) is 4.09. The third kappa shape index (κ3) is 3.75. The summed E-state index contributed by atoms with van der Waals surface area (Å²) in [4.78, 5) is 37.7. The van der Waals surface area contributed by atoms with E-state index in [-0.39, 0.29) is 5.91 Å². The van der Waals surface area contributed by atoms with Crippen molar-refractivity contribution in [1.82, 2.24) is 5.32 Å². The summed E-state index contributed by atoms with van der Waals surface area (Å²) in [6, 6.07) is 4.57. The topological polar surface area (TPSA) is 84.9 Å². The van der Waals surface area contributed by atoms with Gasteiger partial charge in [-0.05, 0) is 51.0 Å². The van der Waals surface area contributed by atoms with Gasteiger partial charge in [-0.25, -0.2) is 9.59 Å². The first-order valence-electron chi connectivity index (χ1n) is 8.35. The average Bonchev–Trinajstić information content (AvgIpc) is 3.11. The summed E-state index contributed by atoms with van der Waals surface area (Å²) in [7, 11) is 0. The van der Waals surface area contributed by atoms with Gasteiger partial charge in [0.15, 0.2) is 0 Å². The number of cyclic esters (lactones) is 1. The summed E-state index contributed by atoms with van der Waals surface area (Å²) in [5.74, 6) is -0.715. The molecule has 7 nitrogen and oxygen atoms in total. The van der Waals surface area contributed by atoms with Gasteiger partial charge < -0.3 is 14.8 Å². The van der Waals surface area contributed by atoms with Crippen LogP contribution < -0.4 is 10.2 Å². The van der Waals surface area contributed by atoms with Crippen molar-refractivity contribution in [1.29, 1.82) is 0 Å². The quantitative estimate of drug-likeness (QED) is 0.828. The minimum absolute atomic E-state index is 0.317. The van der Waals surface area contributed by atoms with Crippen molar-refractivity contribution in [2.24, 2.45) is 0 Å². The Morgan fingerprint density at radius 3 is 2.72 bits per heavy atom. The second kappa shape index (κ2) is 6.38. The van der Waals surface area contributed by atoms with Gasteiger partial charge in [-0.2, -0.15) is 0 Å². The molecule has 25 heavy (non-hydrogen) atoms. The van der Waals surface area contributed by atoms with Gasteiger partial charge in [-0.3, -0.25) is 9.69 Å². The Morgan fingerprint density at radius 2 is 2.08 bits per heavy atom. The lowest BCUT2D eigenvalue weighted by molar-refractivity contribution is -0.139. The molecule has 3 rings (SSSR count). The van der Waals surface area contributed by atoms with E-state index in [1.165, 1.54) is 0 Å². The van der Waals surface area contributed by atoms with Crippen molar-refractivity contribution in [3.05, 3.63) is 29.3 Å². The summed E-state index contributed by atoms with van der Waals surface area (Å²) in [5.41, 5.74) is 1.57.